The third-order valence-electron chi connectivity index (χ3n) is 4.75. The topological polar surface area (TPSA) is 79.9 Å². The molecule has 2 amide bonds. The van der Waals surface area contributed by atoms with Crippen LogP contribution in [0.5, 0.6) is 11.5 Å². The Morgan fingerprint density at radius 2 is 1.62 bits per heavy atom. The van der Waals surface area contributed by atoms with E-state index in [9.17, 15) is 9.59 Å². The molecule has 1 aliphatic heterocycles. The molecule has 1 aliphatic rings. The predicted molar refractivity (Wildman–Crippen MR) is 113 cm³/mol. The van der Waals surface area contributed by atoms with Gasteiger partial charge in [0.2, 0.25) is 11.8 Å². The van der Waals surface area contributed by atoms with E-state index in [4.69, 9.17) is 9.47 Å². The summed E-state index contributed by atoms with van der Waals surface area (Å²) in [5.74, 6) is 1.49. The van der Waals surface area contributed by atoms with Gasteiger partial charge in [0.25, 0.3) is 0 Å². The van der Waals surface area contributed by atoms with Crippen molar-refractivity contribution in [2.24, 2.45) is 5.92 Å². The van der Waals surface area contributed by atoms with Gasteiger partial charge in [-0.3, -0.25) is 14.5 Å². The van der Waals surface area contributed by atoms with Crippen molar-refractivity contribution in [3.05, 3.63) is 23.8 Å². The summed E-state index contributed by atoms with van der Waals surface area (Å²) in [4.78, 5) is 26.5. The first-order valence-corrected chi connectivity index (χ1v) is 10.5. The summed E-state index contributed by atoms with van der Waals surface area (Å²) in [7, 11) is 0. The van der Waals surface area contributed by atoms with E-state index in [-0.39, 0.29) is 42.9 Å². The highest BCUT2D eigenvalue weighted by molar-refractivity contribution is 5.81. The van der Waals surface area contributed by atoms with E-state index in [0.717, 1.165) is 23.5 Å². The zero-order valence-corrected chi connectivity index (χ0v) is 18.3. The average Bonchev–Trinajstić information content (AvgIpc) is 2.89. The molecule has 162 valence electrons. The lowest BCUT2D eigenvalue weighted by molar-refractivity contribution is -0.125. The zero-order chi connectivity index (χ0) is 21.4. The number of hydrogen-bond donors (Lipinski definition) is 2. The molecule has 0 fully saturated rings. The van der Waals surface area contributed by atoms with Crippen LogP contribution in [0, 0.1) is 5.92 Å². The van der Waals surface area contributed by atoms with Gasteiger partial charge < -0.3 is 20.1 Å². The first-order chi connectivity index (χ1) is 13.8. The van der Waals surface area contributed by atoms with Gasteiger partial charge in [-0.15, -0.1) is 0 Å². The van der Waals surface area contributed by atoms with E-state index in [2.05, 4.69) is 24.5 Å². The monoisotopic (exact) mass is 405 g/mol. The lowest BCUT2D eigenvalue weighted by atomic mass is 9.95. The van der Waals surface area contributed by atoms with E-state index < -0.39 is 0 Å². The summed E-state index contributed by atoms with van der Waals surface area (Å²) in [5, 5.41) is 5.99. The van der Waals surface area contributed by atoms with Crippen molar-refractivity contribution in [1.82, 2.24) is 15.5 Å². The molecule has 29 heavy (non-hydrogen) atoms. The van der Waals surface area contributed by atoms with Gasteiger partial charge in [-0.2, -0.15) is 0 Å². The molecule has 0 saturated carbocycles. The Bertz CT molecular complexity index is 691. The van der Waals surface area contributed by atoms with Crippen LogP contribution in [0.2, 0.25) is 0 Å². The van der Waals surface area contributed by atoms with Gasteiger partial charge >= 0.3 is 0 Å². The quantitative estimate of drug-likeness (QED) is 0.660. The molecule has 2 rings (SSSR count). The highest BCUT2D eigenvalue weighted by Gasteiger charge is 2.22. The molecular formula is C22H35N3O4. The molecule has 7 heteroatoms. The van der Waals surface area contributed by atoms with Crippen LogP contribution in [0.4, 0.5) is 0 Å². The van der Waals surface area contributed by atoms with Gasteiger partial charge in [0, 0.05) is 12.5 Å². The van der Waals surface area contributed by atoms with Crippen LogP contribution < -0.4 is 20.1 Å². The number of nitrogens with one attached hydrogen (secondary N) is 2. The van der Waals surface area contributed by atoms with Crippen molar-refractivity contribution in [3.63, 3.8) is 0 Å². The Hall–Kier alpha value is -2.28. The van der Waals surface area contributed by atoms with Gasteiger partial charge in [0.05, 0.1) is 32.3 Å². The maximum atomic E-state index is 12.7. The van der Waals surface area contributed by atoms with Crippen molar-refractivity contribution in [1.29, 1.82) is 0 Å². The molecule has 1 atom stereocenters. The molecule has 0 saturated heterocycles. The van der Waals surface area contributed by atoms with Crippen molar-refractivity contribution in [2.75, 3.05) is 32.8 Å². The standard InChI is InChI=1S/C22H35N3O4/c1-6-25(13-20(26)23-16(4)5)14-21(27)24-22(15(2)3)17-8-9-18-19(12-17)29-11-7-10-28-18/h8-9,12,15-16,22H,6-7,10-11,13-14H2,1-5H3,(H,23,26)(H,24,27). The minimum atomic E-state index is -0.150. The maximum Gasteiger partial charge on any atom is 0.234 e. The molecular weight excluding hydrogens is 370 g/mol. The Balaban J connectivity index is 2.03. The lowest BCUT2D eigenvalue weighted by Crippen LogP contribution is -2.45. The van der Waals surface area contributed by atoms with Crippen LogP contribution in [0.25, 0.3) is 0 Å². The Morgan fingerprint density at radius 3 is 2.21 bits per heavy atom. The largest absolute Gasteiger partial charge is 0.490 e. The fraction of sp³-hybridized carbons (Fsp3) is 0.636. The molecule has 7 nitrogen and oxygen atoms in total. The van der Waals surface area contributed by atoms with Gasteiger partial charge in [0.15, 0.2) is 11.5 Å². The molecule has 0 spiro atoms. The second-order valence-electron chi connectivity index (χ2n) is 8.07. The first kappa shape index (κ1) is 23.0. The van der Waals surface area contributed by atoms with Crippen LogP contribution >= 0.6 is 0 Å². The minimum Gasteiger partial charge on any atom is -0.490 e. The highest BCUT2D eigenvalue weighted by atomic mass is 16.5. The van der Waals surface area contributed by atoms with Crippen molar-refractivity contribution >= 4 is 11.8 Å². The number of hydrogen-bond acceptors (Lipinski definition) is 5. The summed E-state index contributed by atoms with van der Waals surface area (Å²) in [6.45, 7) is 12.2. The van der Waals surface area contributed by atoms with Crippen LogP contribution in [0.3, 0.4) is 0 Å². The van der Waals surface area contributed by atoms with Crippen molar-refractivity contribution in [2.45, 2.75) is 53.1 Å². The van der Waals surface area contributed by atoms with E-state index in [1.165, 1.54) is 0 Å². The lowest BCUT2D eigenvalue weighted by Gasteiger charge is -2.26. The predicted octanol–water partition coefficient (Wildman–Crippen LogP) is 2.51. The van der Waals surface area contributed by atoms with Crippen molar-refractivity contribution < 1.29 is 19.1 Å². The second-order valence-corrected chi connectivity index (χ2v) is 8.07. The van der Waals surface area contributed by atoms with E-state index in [0.29, 0.717) is 19.8 Å². The number of fused-ring (bicyclic) bond motifs is 1. The zero-order valence-electron chi connectivity index (χ0n) is 18.3. The summed E-state index contributed by atoms with van der Waals surface area (Å²) >= 11 is 0. The van der Waals surface area contributed by atoms with Crippen molar-refractivity contribution in [3.8, 4) is 11.5 Å². The number of benzene rings is 1. The Morgan fingerprint density at radius 1 is 1.00 bits per heavy atom. The summed E-state index contributed by atoms with van der Waals surface area (Å²) in [5.41, 5.74) is 0.984. The Labute approximate surface area is 174 Å². The number of amides is 2. The minimum absolute atomic E-state index is 0.0713. The first-order valence-electron chi connectivity index (χ1n) is 10.5. The molecule has 1 heterocycles. The second kappa shape index (κ2) is 11.0. The maximum absolute atomic E-state index is 12.7. The van der Waals surface area contributed by atoms with Gasteiger partial charge in [0.1, 0.15) is 0 Å². The number of ether oxygens (including phenoxy) is 2. The Kier molecular flexibility index (Phi) is 8.76. The smallest absolute Gasteiger partial charge is 0.234 e. The number of likely N-dealkylation sites (N-methyl/N-ethyl adjacent to an activating group) is 1. The normalized spacial score (nSPS) is 14.6. The number of nitrogens with zero attached hydrogens (tertiary/aromatic N) is 1. The van der Waals surface area contributed by atoms with Gasteiger partial charge in [-0.05, 0) is 44.0 Å². The fourth-order valence-corrected chi connectivity index (χ4v) is 3.28. The number of carbonyl (C=O) groups is 2. The number of rotatable bonds is 9. The summed E-state index contributed by atoms with van der Waals surface area (Å²) < 4.78 is 11.5. The molecule has 1 aromatic rings. The van der Waals surface area contributed by atoms with E-state index in [1.807, 2.05) is 43.9 Å². The third-order valence-corrected chi connectivity index (χ3v) is 4.75. The van der Waals surface area contributed by atoms with Gasteiger partial charge in [-0.25, -0.2) is 0 Å². The highest BCUT2D eigenvalue weighted by Crippen LogP contribution is 2.34. The third kappa shape index (κ3) is 7.24. The SMILES string of the molecule is CCN(CC(=O)NC(C)C)CC(=O)NC(c1ccc2c(c1)OCCCO2)C(C)C. The molecule has 0 aromatic heterocycles. The van der Waals surface area contributed by atoms with E-state index in [1.54, 1.807) is 0 Å². The van der Waals surface area contributed by atoms with Crippen LogP contribution in [0.1, 0.15) is 52.6 Å². The molecule has 0 radical (unpaired) electrons. The average molecular weight is 406 g/mol. The summed E-state index contributed by atoms with van der Waals surface area (Å²) in [6.07, 6.45) is 0.853. The molecule has 0 bridgehead atoms. The molecule has 0 aliphatic carbocycles. The molecule has 2 N–H and O–H groups in total. The van der Waals surface area contributed by atoms with Crippen LogP contribution in [-0.4, -0.2) is 55.6 Å². The number of carbonyl (C=O) groups excluding carboxylic acids is 2. The summed E-state index contributed by atoms with van der Waals surface area (Å²) in [6, 6.07) is 5.78. The van der Waals surface area contributed by atoms with Crippen LogP contribution in [0.15, 0.2) is 18.2 Å². The fourth-order valence-electron chi connectivity index (χ4n) is 3.28. The molecule has 1 unspecified atom stereocenters. The van der Waals surface area contributed by atoms with Gasteiger partial charge in [-0.1, -0.05) is 26.8 Å². The molecule has 1 aromatic carbocycles. The van der Waals surface area contributed by atoms with Crippen LogP contribution in [-0.2, 0) is 9.59 Å². The van der Waals surface area contributed by atoms with E-state index >= 15 is 0 Å².